The number of ether oxygens (including phenoxy) is 1. The van der Waals surface area contributed by atoms with E-state index in [4.69, 9.17) is 4.74 Å². The number of rotatable bonds is 4. The molecule has 0 saturated heterocycles. The van der Waals surface area contributed by atoms with E-state index in [-0.39, 0.29) is 0 Å². The van der Waals surface area contributed by atoms with Gasteiger partial charge < -0.3 is 10.1 Å². The normalized spacial score (nSPS) is 11.0. The van der Waals surface area contributed by atoms with Crippen LogP contribution in [-0.2, 0) is 11.3 Å². The summed E-state index contributed by atoms with van der Waals surface area (Å²) in [4.78, 5) is 19.9. The van der Waals surface area contributed by atoms with E-state index in [0.717, 1.165) is 11.4 Å². The molecule has 0 aliphatic rings. The molecule has 0 aliphatic carbocycles. The lowest BCUT2D eigenvalue weighted by Crippen LogP contribution is -2.27. The van der Waals surface area contributed by atoms with Gasteiger partial charge >= 0.3 is 6.09 Å². The van der Waals surface area contributed by atoms with Crippen LogP contribution in [0, 0.1) is 0 Å². The molecule has 1 amide bonds. The van der Waals surface area contributed by atoms with Crippen molar-refractivity contribution >= 4 is 28.9 Å². The van der Waals surface area contributed by atoms with Gasteiger partial charge in [0.25, 0.3) is 0 Å². The van der Waals surface area contributed by atoms with Crippen LogP contribution in [0.25, 0.3) is 0 Å². The first-order valence-electron chi connectivity index (χ1n) is 6.49. The molecular formula is C14H18N4O2S. The molecule has 21 heavy (non-hydrogen) atoms. The summed E-state index contributed by atoms with van der Waals surface area (Å²) in [5, 5.41) is 7.77. The van der Waals surface area contributed by atoms with Crippen LogP contribution in [0.2, 0.25) is 0 Å². The number of hydrogen-bond acceptors (Lipinski definition) is 6. The predicted octanol–water partition coefficient (Wildman–Crippen LogP) is 3.50. The van der Waals surface area contributed by atoms with Crippen molar-refractivity contribution in [2.75, 3.05) is 10.6 Å². The van der Waals surface area contributed by atoms with Gasteiger partial charge in [-0.2, -0.15) is 0 Å². The second-order valence-electron chi connectivity index (χ2n) is 5.39. The van der Waals surface area contributed by atoms with Crippen LogP contribution in [-0.4, -0.2) is 21.7 Å². The third-order valence-electron chi connectivity index (χ3n) is 2.35. The minimum absolute atomic E-state index is 0.448. The largest absolute Gasteiger partial charge is 0.444 e. The van der Waals surface area contributed by atoms with E-state index < -0.39 is 11.7 Å². The van der Waals surface area contributed by atoms with Gasteiger partial charge in [0.1, 0.15) is 11.4 Å². The van der Waals surface area contributed by atoms with Crippen molar-refractivity contribution in [3.8, 4) is 0 Å². The van der Waals surface area contributed by atoms with Crippen LogP contribution in [0.15, 0.2) is 29.2 Å². The molecule has 2 N–H and O–H groups in total. The summed E-state index contributed by atoms with van der Waals surface area (Å²) in [5.74, 6) is 0.448. The highest BCUT2D eigenvalue weighted by atomic mass is 32.1. The van der Waals surface area contributed by atoms with Crippen molar-refractivity contribution < 1.29 is 9.53 Å². The number of pyridine rings is 1. The van der Waals surface area contributed by atoms with Gasteiger partial charge in [0.2, 0.25) is 0 Å². The average Bonchev–Trinajstić information content (AvgIpc) is 2.89. The van der Waals surface area contributed by atoms with E-state index in [2.05, 4.69) is 20.6 Å². The lowest BCUT2D eigenvalue weighted by molar-refractivity contribution is 0.0635. The third kappa shape index (κ3) is 5.39. The Morgan fingerprint density at radius 1 is 1.33 bits per heavy atom. The molecule has 2 aromatic heterocycles. The van der Waals surface area contributed by atoms with E-state index in [9.17, 15) is 4.79 Å². The number of carbonyl (C=O) groups is 1. The highest BCUT2D eigenvalue weighted by Crippen LogP contribution is 2.13. The fourth-order valence-corrected chi connectivity index (χ4v) is 2.06. The Kier molecular flexibility index (Phi) is 4.74. The molecule has 0 radical (unpaired) electrons. The van der Waals surface area contributed by atoms with Crippen LogP contribution < -0.4 is 10.6 Å². The van der Waals surface area contributed by atoms with Gasteiger partial charge in [-0.25, -0.2) is 14.8 Å². The average molecular weight is 306 g/mol. The summed E-state index contributed by atoms with van der Waals surface area (Å²) in [6.07, 6.45) is 1.14. The third-order valence-corrected chi connectivity index (χ3v) is 2.98. The summed E-state index contributed by atoms with van der Waals surface area (Å²) in [6.45, 7) is 6.08. The molecule has 0 saturated carbocycles. The van der Waals surface area contributed by atoms with Crippen LogP contribution in [0.1, 0.15) is 26.5 Å². The maximum Gasteiger partial charge on any atom is 0.413 e. The number of nitrogens with one attached hydrogen (secondary N) is 2. The number of nitrogens with zero attached hydrogens (tertiary/aromatic N) is 2. The number of hydrogen-bond donors (Lipinski definition) is 2. The summed E-state index contributed by atoms with van der Waals surface area (Å²) < 4.78 is 5.16. The predicted molar refractivity (Wildman–Crippen MR) is 83.5 cm³/mol. The molecule has 2 rings (SSSR count). The van der Waals surface area contributed by atoms with E-state index in [1.54, 1.807) is 29.1 Å². The van der Waals surface area contributed by atoms with E-state index in [0.29, 0.717) is 12.4 Å². The van der Waals surface area contributed by atoms with E-state index in [1.807, 2.05) is 32.2 Å². The Bertz CT molecular complexity index is 576. The maximum atomic E-state index is 11.6. The summed E-state index contributed by atoms with van der Waals surface area (Å²) in [5.41, 5.74) is 3.11. The van der Waals surface area contributed by atoms with Crippen molar-refractivity contribution in [3.05, 3.63) is 34.9 Å². The Hall–Kier alpha value is -2.15. The molecule has 0 aromatic carbocycles. The molecule has 0 bridgehead atoms. The fourth-order valence-electron chi connectivity index (χ4n) is 1.50. The minimum atomic E-state index is -0.529. The maximum absolute atomic E-state index is 11.6. The number of anilines is 2. The Morgan fingerprint density at radius 3 is 2.71 bits per heavy atom. The zero-order valence-corrected chi connectivity index (χ0v) is 13.0. The fraction of sp³-hybridized carbons (Fsp3) is 0.357. The number of amides is 1. The summed E-state index contributed by atoms with van der Waals surface area (Å²) >= 11 is 1.56. The van der Waals surface area contributed by atoms with Crippen molar-refractivity contribution in [3.63, 3.8) is 0 Å². The quantitative estimate of drug-likeness (QED) is 0.904. The molecule has 0 spiro atoms. The molecule has 2 heterocycles. The number of carbonyl (C=O) groups excluding carboxylic acids is 1. The van der Waals surface area contributed by atoms with Gasteiger partial charge in [-0.15, -0.1) is 11.3 Å². The monoisotopic (exact) mass is 306 g/mol. The topological polar surface area (TPSA) is 76.1 Å². The molecule has 0 atom stereocenters. The van der Waals surface area contributed by atoms with Crippen LogP contribution in [0.4, 0.5) is 16.3 Å². The molecule has 2 aromatic rings. The van der Waals surface area contributed by atoms with Crippen LogP contribution in [0.5, 0.6) is 0 Å². The molecule has 7 heteroatoms. The van der Waals surface area contributed by atoms with Crippen molar-refractivity contribution in [1.29, 1.82) is 0 Å². The SMILES string of the molecule is CC(C)(C)OC(=O)Nc1ccc(NCc2cscn2)cn1. The lowest BCUT2D eigenvalue weighted by atomic mass is 10.2. The number of aromatic nitrogens is 2. The van der Waals surface area contributed by atoms with Gasteiger partial charge in [-0.3, -0.25) is 5.32 Å². The zero-order valence-electron chi connectivity index (χ0n) is 12.2. The van der Waals surface area contributed by atoms with Gasteiger partial charge in [0.05, 0.1) is 29.6 Å². The molecule has 112 valence electrons. The van der Waals surface area contributed by atoms with Gasteiger partial charge in [0, 0.05) is 5.38 Å². The first kappa shape index (κ1) is 15.2. The number of thiazole rings is 1. The second kappa shape index (κ2) is 6.53. The first-order chi connectivity index (χ1) is 9.92. The molecule has 0 unspecified atom stereocenters. The lowest BCUT2D eigenvalue weighted by Gasteiger charge is -2.19. The first-order valence-corrected chi connectivity index (χ1v) is 7.44. The summed E-state index contributed by atoms with van der Waals surface area (Å²) in [6, 6.07) is 3.55. The van der Waals surface area contributed by atoms with Crippen LogP contribution in [0.3, 0.4) is 0 Å². The van der Waals surface area contributed by atoms with Crippen molar-refractivity contribution in [2.45, 2.75) is 32.9 Å². The smallest absolute Gasteiger partial charge is 0.413 e. The molecule has 6 nitrogen and oxygen atoms in total. The van der Waals surface area contributed by atoms with Crippen molar-refractivity contribution in [2.24, 2.45) is 0 Å². The van der Waals surface area contributed by atoms with Crippen LogP contribution >= 0.6 is 11.3 Å². The zero-order chi connectivity index (χ0) is 15.3. The molecule has 0 aliphatic heterocycles. The minimum Gasteiger partial charge on any atom is -0.444 e. The standard InChI is InChI=1S/C14H18N4O2S/c1-14(2,3)20-13(19)18-12-5-4-10(6-16-12)15-7-11-8-21-9-17-11/h4-6,8-9,15H,7H2,1-3H3,(H,16,18,19). The van der Waals surface area contributed by atoms with Gasteiger partial charge in [-0.1, -0.05) is 0 Å². The molecular weight excluding hydrogens is 288 g/mol. The van der Waals surface area contributed by atoms with Gasteiger partial charge in [-0.05, 0) is 32.9 Å². The Labute approximate surface area is 127 Å². The van der Waals surface area contributed by atoms with E-state index in [1.165, 1.54) is 0 Å². The second-order valence-corrected chi connectivity index (χ2v) is 6.11. The van der Waals surface area contributed by atoms with E-state index >= 15 is 0 Å². The molecule has 0 fully saturated rings. The Balaban J connectivity index is 1.85. The highest BCUT2D eigenvalue weighted by Gasteiger charge is 2.16. The van der Waals surface area contributed by atoms with Gasteiger partial charge in [0.15, 0.2) is 0 Å². The van der Waals surface area contributed by atoms with Crippen molar-refractivity contribution in [1.82, 2.24) is 9.97 Å². The Morgan fingerprint density at radius 2 is 2.14 bits per heavy atom. The highest BCUT2D eigenvalue weighted by molar-refractivity contribution is 7.07. The summed E-state index contributed by atoms with van der Waals surface area (Å²) in [7, 11) is 0.